The van der Waals surface area contributed by atoms with Crippen LogP contribution < -0.4 is 5.32 Å². The van der Waals surface area contributed by atoms with Gasteiger partial charge in [0.1, 0.15) is 5.82 Å². The summed E-state index contributed by atoms with van der Waals surface area (Å²) in [7, 11) is 0. The van der Waals surface area contributed by atoms with Crippen LogP contribution in [-0.2, 0) is 6.42 Å². The SMILES string of the molecule is CCc1cc(C)c(Nc2c(C)cc(F)cc2Cl)c(C(=O)O)c1. The largest absolute Gasteiger partial charge is 0.478 e. The number of carboxylic acid groups (broad SMARTS) is 1. The molecular formula is C17H17ClFNO2. The molecule has 2 rings (SSSR count). The molecule has 0 heterocycles. The molecule has 0 bridgehead atoms. The maximum absolute atomic E-state index is 13.3. The molecule has 0 aliphatic heterocycles. The molecule has 0 unspecified atom stereocenters. The Kier molecular flexibility index (Phi) is 4.71. The first-order chi connectivity index (χ1) is 10.3. The van der Waals surface area contributed by atoms with Crippen LogP contribution in [0.25, 0.3) is 0 Å². The van der Waals surface area contributed by atoms with E-state index in [2.05, 4.69) is 5.32 Å². The number of aromatic carboxylic acids is 1. The standard InChI is InChI=1S/C17H17ClFNO2/c1-4-11-5-9(2)15(13(7-11)17(21)22)20-16-10(3)6-12(19)8-14(16)18/h5-8,20H,4H2,1-3H3,(H,21,22). The van der Waals surface area contributed by atoms with Crippen molar-refractivity contribution in [3.05, 3.63) is 57.4 Å². The molecule has 2 N–H and O–H groups in total. The lowest BCUT2D eigenvalue weighted by molar-refractivity contribution is 0.0698. The fourth-order valence-corrected chi connectivity index (χ4v) is 2.69. The number of carboxylic acids is 1. The van der Waals surface area contributed by atoms with Gasteiger partial charge in [0.25, 0.3) is 0 Å². The third-order valence-corrected chi connectivity index (χ3v) is 3.83. The number of hydrogen-bond acceptors (Lipinski definition) is 2. The average Bonchev–Trinajstić information content (AvgIpc) is 2.43. The van der Waals surface area contributed by atoms with Crippen molar-refractivity contribution in [2.75, 3.05) is 5.32 Å². The van der Waals surface area contributed by atoms with Crippen LogP contribution in [0.2, 0.25) is 5.02 Å². The summed E-state index contributed by atoms with van der Waals surface area (Å²) in [5.74, 6) is -1.44. The van der Waals surface area contributed by atoms with Gasteiger partial charge < -0.3 is 10.4 Å². The van der Waals surface area contributed by atoms with E-state index in [0.29, 0.717) is 16.9 Å². The van der Waals surface area contributed by atoms with Crippen molar-refractivity contribution in [2.24, 2.45) is 0 Å². The highest BCUT2D eigenvalue weighted by Crippen LogP contribution is 2.33. The average molecular weight is 322 g/mol. The zero-order chi connectivity index (χ0) is 16.4. The van der Waals surface area contributed by atoms with Gasteiger partial charge in [0.2, 0.25) is 0 Å². The molecule has 0 amide bonds. The van der Waals surface area contributed by atoms with E-state index in [1.165, 1.54) is 12.1 Å². The van der Waals surface area contributed by atoms with Crippen LogP contribution >= 0.6 is 11.6 Å². The number of anilines is 2. The van der Waals surface area contributed by atoms with E-state index in [4.69, 9.17) is 11.6 Å². The first kappa shape index (κ1) is 16.3. The monoisotopic (exact) mass is 321 g/mol. The molecule has 22 heavy (non-hydrogen) atoms. The quantitative estimate of drug-likeness (QED) is 0.823. The van der Waals surface area contributed by atoms with Gasteiger partial charge in [-0.3, -0.25) is 0 Å². The summed E-state index contributed by atoms with van der Waals surface area (Å²) in [6, 6.07) is 6.13. The van der Waals surface area contributed by atoms with Crippen molar-refractivity contribution >= 4 is 28.9 Å². The number of carbonyl (C=O) groups is 1. The maximum atomic E-state index is 13.3. The summed E-state index contributed by atoms with van der Waals surface area (Å²) < 4.78 is 13.3. The van der Waals surface area contributed by atoms with E-state index in [-0.39, 0.29) is 10.6 Å². The van der Waals surface area contributed by atoms with Crippen LogP contribution in [0.3, 0.4) is 0 Å². The zero-order valence-corrected chi connectivity index (χ0v) is 13.4. The van der Waals surface area contributed by atoms with Crippen molar-refractivity contribution in [3.8, 4) is 0 Å². The summed E-state index contributed by atoms with van der Waals surface area (Å²) in [6.07, 6.45) is 0.748. The molecule has 2 aromatic rings. The van der Waals surface area contributed by atoms with Crippen molar-refractivity contribution in [1.82, 2.24) is 0 Å². The fraction of sp³-hybridized carbons (Fsp3) is 0.235. The van der Waals surface area contributed by atoms with Crippen molar-refractivity contribution < 1.29 is 14.3 Å². The van der Waals surface area contributed by atoms with Crippen LogP contribution in [0.5, 0.6) is 0 Å². The fourth-order valence-electron chi connectivity index (χ4n) is 2.39. The van der Waals surface area contributed by atoms with E-state index in [9.17, 15) is 14.3 Å². The smallest absolute Gasteiger partial charge is 0.337 e. The summed E-state index contributed by atoms with van der Waals surface area (Å²) in [4.78, 5) is 11.5. The summed E-state index contributed by atoms with van der Waals surface area (Å²) in [5.41, 5.74) is 3.52. The third-order valence-electron chi connectivity index (χ3n) is 3.54. The Hall–Kier alpha value is -2.07. The molecule has 0 aromatic heterocycles. The second-order valence-electron chi connectivity index (χ2n) is 5.20. The molecule has 2 aromatic carbocycles. The van der Waals surface area contributed by atoms with Gasteiger partial charge in [0.15, 0.2) is 0 Å². The summed E-state index contributed by atoms with van der Waals surface area (Å²) in [5, 5.41) is 12.7. The minimum atomic E-state index is -1.02. The maximum Gasteiger partial charge on any atom is 0.337 e. The third kappa shape index (κ3) is 3.22. The van der Waals surface area contributed by atoms with Crippen LogP contribution in [0.15, 0.2) is 24.3 Å². The van der Waals surface area contributed by atoms with Gasteiger partial charge in [0.05, 0.1) is 22.0 Å². The molecular weight excluding hydrogens is 305 g/mol. The predicted octanol–water partition coefficient (Wildman–Crippen LogP) is 5.10. The lowest BCUT2D eigenvalue weighted by Crippen LogP contribution is -2.07. The Morgan fingerprint density at radius 3 is 2.36 bits per heavy atom. The van der Waals surface area contributed by atoms with E-state index < -0.39 is 11.8 Å². The number of benzene rings is 2. The Balaban J connectivity index is 2.57. The first-order valence-electron chi connectivity index (χ1n) is 6.93. The number of nitrogens with one attached hydrogen (secondary N) is 1. The lowest BCUT2D eigenvalue weighted by atomic mass is 10.0. The molecule has 0 aliphatic carbocycles. The van der Waals surface area contributed by atoms with Gasteiger partial charge in [-0.15, -0.1) is 0 Å². The van der Waals surface area contributed by atoms with Crippen molar-refractivity contribution in [1.29, 1.82) is 0 Å². The predicted molar refractivity (Wildman–Crippen MR) is 86.9 cm³/mol. The second-order valence-corrected chi connectivity index (χ2v) is 5.61. The molecule has 3 nitrogen and oxygen atoms in total. The van der Waals surface area contributed by atoms with Gasteiger partial charge in [-0.25, -0.2) is 9.18 Å². The van der Waals surface area contributed by atoms with E-state index in [0.717, 1.165) is 17.5 Å². The number of aryl methyl sites for hydroxylation is 3. The minimum absolute atomic E-state index is 0.177. The molecule has 0 fully saturated rings. The van der Waals surface area contributed by atoms with E-state index >= 15 is 0 Å². The number of hydrogen-bond donors (Lipinski definition) is 2. The van der Waals surface area contributed by atoms with Crippen molar-refractivity contribution in [2.45, 2.75) is 27.2 Å². The first-order valence-corrected chi connectivity index (χ1v) is 7.30. The highest BCUT2D eigenvalue weighted by molar-refractivity contribution is 6.33. The van der Waals surface area contributed by atoms with Crippen LogP contribution in [-0.4, -0.2) is 11.1 Å². The summed E-state index contributed by atoms with van der Waals surface area (Å²) >= 11 is 6.08. The topological polar surface area (TPSA) is 49.3 Å². The van der Waals surface area contributed by atoms with E-state index in [1.54, 1.807) is 13.0 Å². The molecule has 0 spiro atoms. The minimum Gasteiger partial charge on any atom is -0.478 e. The molecule has 5 heteroatoms. The zero-order valence-electron chi connectivity index (χ0n) is 12.6. The molecule has 116 valence electrons. The lowest BCUT2D eigenvalue weighted by Gasteiger charge is -2.17. The van der Waals surface area contributed by atoms with Crippen LogP contribution in [0, 0.1) is 19.7 Å². The van der Waals surface area contributed by atoms with E-state index in [1.807, 2.05) is 19.9 Å². The number of halogens is 2. The Morgan fingerprint density at radius 1 is 1.18 bits per heavy atom. The Labute approximate surface area is 133 Å². The Bertz CT molecular complexity index is 721. The highest BCUT2D eigenvalue weighted by Gasteiger charge is 2.16. The molecule has 0 radical (unpaired) electrons. The van der Waals surface area contributed by atoms with Crippen LogP contribution in [0.1, 0.15) is 34.0 Å². The van der Waals surface area contributed by atoms with Gasteiger partial charge in [-0.2, -0.15) is 0 Å². The van der Waals surface area contributed by atoms with Gasteiger partial charge in [-0.1, -0.05) is 24.6 Å². The number of rotatable bonds is 4. The van der Waals surface area contributed by atoms with Crippen LogP contribution in [0.4, 0.5) is 15.8 Å². The van der Waals surface area contributed by atoms with Gasteiger partial charge >= 0.3 is 5.97 Å². The highest BCUT2D eigenvalue weighted by atomic mass is 35.5. The second kappa shape index (κ2) is 6.36. The van der Waals surface area contributed by atoms with Crippen molar-refractivity contribution in [3.63, 3.8) is 0 Å². The normalized spacial score (nSPS) is 10.6. The molecule has 0 aliphatic rings. The molecule has 0 atom stereocenters. The Morgan fingerprint density at radius 2 is 1.82 bits per heavy atom. The molecule has 0 saturated heterocycles. The summed E-state index contributed by atoms with van der Waals surface area (Å²) in [6.45, 7) is 5.52. The van der Waals surface area contributed by atoms with Gasteiger partial charge in [0, 0.05) is 0 Å². The van der Waals surface area contributed by atoms with Gasteiger partial charge in [-0.05, 0) is 55.2 Å². The molecule has 0 saturated carbocycles.